The molecule has 2 heteroatoms. The molecule has 0 aliphatic rings. The Morgan fingerprint density at radius 1 is 0.538 bits per heavy atom. The Labute approximate surface area is 161 Å². The zero-order chi connectivity index (χ0) is 19.2. The molecule has 0 amide bonds. The van der Waals surface area contributed by atoms with Gasteiger partial charge in [-0.25, -0.2) is 0 Å². The molecule has 0 aromatic heterocycles. The minimum absolute atomic E-state index is 1.05. The minimum atomic E-state index is -1.49. The lowest BCUT2D eigenvalue weighted by Crippen LogP contribution is -2.17. The highest BCUT2D eigenvalue weighted by atomic mass is 28.3. The molecule has 0 nitrogen and oxygen atoms in total. The summed E-state index contributed by atoms with van der Waals surface area (Å²) >= 11 is 0. The molecule has 0 radical (unpaired) electrons. The summed E-state index contributed by atoms with van der Waals surface area (Å²) in [4.78, 5) is 0. The van der Waals surface area contributed by atoms with Gasteiger partial charge in [0, 0.05) is 11.1 Å². The zero-order valence-electron chi connectivity index (χ0n) is 16.8. The fraction of sp³-hybridized carbons (Fsp3) is 0.250. The van der Waals surface area contributed by atoms with Crippen molar-refractivity contribution in [1.82, 2.24) is 0 Å². The first-order valence-electron chi connectivity index (χ1n) is 9.07. The number of rotatable bonds is 2. The molecular formula is C24H28Si2. The van der Waals surface area contributed by atoms with E-state index in [1.807, 2.05) is 12.1 Å². The van der Waals surface area contributed by atoms with E-state index in [0.29, 0.717) is 0 Å². The van der Waals surface area contributed by atoms with Crippen molar-refractivity contribution in [3.05, 3.63) is 71.8 Å². The first-order chi connectivity index (χ1) is 12.2. The molecule has 0 atom stereocenters. The van der Waals surface area contributed by atoms with Gasteiger partial charge in [-0.05, 0) is 11.1 Å². The number of hydrogen-bond donors (Lipinski definition) is 0. The molecule has 0 unspecified atom stereocenters. The lowest BCUT2D eigenvalue weighted by molar-refractivity contribution is 1.60. The summed E-state index contributed by atoms with van der Waals surface area (Å²) in [6.45, 7) is 13.7. The van der Waals surface area contributed by atoms with Gasteiger partial charge >= 0.3 is 0 Å². The van der Waals surface area contributed by atoms with Crippen LogP contribution in [0.2, 0.25) is 39.3 Å². The zero-order valence-corrected chi connectivity index (χ0v) is 18.8. The fourth-order valence-electron chi connectivity index (χ4n) is 2.27. The van der Waals surface area contributed by atoms with Crippen LogP contribution in [0.5, 0.6) is 0 Å². The van der Waals surface area contributed by atoms with Gasteiger partial charge in [0.25, 0.3) is 0 Å². The van der Waals surface area contributed by atoms with Crippen molar-refractivity contribution in [1.29, 1.82) is 0 Å². The van der Waals surface area contributed by atoms with Crippen LogP contribution in [-0.2, 0) is 0 Å². The third kappa shape index (κ3) is 6.56. The monoisotopic (exact) mass is 372 g/mol. The fourth-order valence-corrected chi connectivity index (χ4v) is 3.27. The Hall–Kier alpha value is -2.27. The standard InChI is InChI=1S/C24H28Si2/c1-25(2,3)19-17-23(21-13-9-7-10-14-21)24(18-20-26(4,5)6)22-15-11-8-12-16-22/h7-16H,1-6H3/b24-23-. The maximum atomic E-state index is 3.54. The smallest absolute Gasteiger partial charge is 0.127 e. The summed E-state index contributed by atoms with van der Waals surface area (Å²) < 4.78 is 0. The molecule has 2 rings (SSSR count). The summed E-state index contributed by atoms with van der Waals surface area (Å²) in [6.07, 6.45) is 0. The largest absolute Gasteiger partial charge is 0.129 e. The first kappa shape index (κ1) is 20.1. The van der Waals surface area contributed by atoms with Crippen LogP contribution >= 0.6 is 0 Å². The van der Waals surface area contributed by atoms with Gasteiger partial charge in [0.15, 0.2) is 0 Å². The maximum absolute atomic E-state index is 3.54. The van der Waals surface area contributed by atoms with Crippen LogP contribution in [0.3, 0.4) is 0 Å². The second kappa shape index (κ2) is 8.41. The molecule has 0 bridgehead atoms. The van der Waals surface area contributed by atoms with E-state index in [0.717, 1.165) is 22.3 Å². The van der Waals surface area contributed by atoms with Crippen LogP contribution in [-0.4, -0.2) is 16.1 Å². The molecule has 0 N–H and O–H groups in total. The molecule has 132 valence electrons. The van der Waals surface area contributed by atoms with Gasteiger partial charge in [0.1, 0.15) is 16.1 Å². The number of hydrogen-bond acceptors (Lipinski definition) is 0. The van der Waals surface area contributed by atoms with E-state index < -0.39 is 16.1 Å². The molecule has 0 spiro atoms. The maximum Gasteiger partial charge on any atom is 0.129 e. The lowest BCUT2D eigenvalue weighted by atomic mass is 9.95. The minimum Gasteiger partial charge on any atom is -0.127 e. The van der Waals surface area contributed by atoms with E-state index in [9.17, 15) is 0 Å². The van der Waals surface area contributed by atoms with Crippen molar-refractivity contribution in [2.45, 2.75) is 39.3 Å². The predicted molar refractivity (Wildman–Crippen MR) is 122 cm³/mol. The highest BCUT2D eigenvalue weighted by molar-refractivity contribution is 6.84. The van der Waals surface area contributed by atoms with Crippen molar-refractivity contribution in [2.24, 2.45) is 0 Å². The third-order valence-corrected chi connectivity index (χ3v) is 5.25. The van der Waals surface area contributed by atoms with Crippen LogP contribution < -0.4 is 0 Å². The van der Waals surface area contributed by atoms with Crippen LogP contribution in [0.1, 0.15) is 11.1 Å². The van der Waals surface area contributed by atoms with Gasteiger partial charge in [-0.2, -0.15) is 0 Å². The highest BCUT2D eigenvalue weighted by Crippen LogP contribution is 2.26. The van der Waals surface area contributed by atoms with Crippen LogP contribution in [0.25, 0.3) is 11.1 Å². The van der Waals surface area contributed by atoms with Gasteiger partial charge < -0.3 is 0 Å². The van der Waals surface area contributed by atoms with E-state index in [1.165, 1.54) is 0 Å². The SMILES string of the molecule is C[Si](C)(C)C#C/C(=C(\C#C[Si](C)(C)C)c1ccccc1)c1ccccc1. The summed E-state index contributed by atoms with van der Waals surface area (Å²) in [5, 5.41) is 0. The van der Waals surface area contributed by atoms with Gasteiger partial charge in [0.2, 0.25) is 0 Å². The van der Waals surface area contributed by atoms with Crippen molar-refractivity contribution >= 4 is 27.3 Å². The Kier molecular flexibility index (Phi) is 6.49. The molecule has 2 aromatic rings. The molecule has 0 saturated carbocycles. The summed E-state index contributed by atoms with van der Waals surface area (Å²) in [5.41, 5.74) is 11.5. The van der Waals surface area contributed by atoms with Gasteiger partial charge in [-0.3, -0.25) is 0 Å². The van der Waals surface area contributed by atoms with E-state index in [1.54, 1.807) is 0 Å². The molecule has 0 aliphatic carbocycles. The molecule has 26 heavy (non-hydrogen) atoms. The lowest BCUT2D eigenvalue weighted by Gasteiger charge is -2.11. The average Bonchev–Trinajstić information content (AvgIpc) is 2.57. The topological polar surface area (TPSA) is 0 Å². The van der Waals surface area contributed by atoms with Gasteiger partial charge in [-0.15, -0.1) is 11.1 Å². The van der Waals surface area contributed by atoms with Gasteiger partial charge in [-0.1, -0.05) is 112 Å². The Bertz CT molecular complexity index is 808. The molecule has 0 fully saturated rings. The molecule has 2 aromatic carbocycles. The van der Waals surface area contributed by atoms with E-state index in [4.69, 9.17) is 0 Å². The second-order valence-corrected chi connectivity index (χ2v) is 18.0. The highest BCUT2D eigenvalue weighted by Gasteiger charge is 2.13. The van der Waals surface area contributed by atoms with Gasteiger partial charge in [0.05, 0.1) is 0 Å². The molecule has 0 saturated heterocycles. The second-order valence-electron chi connectivity index (χ2n) is 8.48. The van der Waals surface area contributed by atoms with Crippen LogP contribution in [0, 0.1) is 22.9 Å². The Balaban J connectivity index is 2.80. The van der Waals surface area contributed by atoms with Crippen molar-refractivity contribution in [2.75, 3.05) is 0 Å². The normalized spacial score (nSPS) is 12.2. The van der Waals surface area contributed by atoms with Crippen LogP contribution in [0.15, 0.2) is 60.7 Å². The van der Waals surface area contributed by atoms with E-state index >= 15 is 0 Å². The average molecular weight is 373 g/mol. The molecular weight excluding hydrogens is 344 g/mol. The van der Waals surface area contributed by atoms with E-state index in [-0.39, 0.29) is 0 Å². The van der Waals surface area contributed by atoms with Crippen molar-refractivity contribution < 1.29 is 0 Å². The number of allylic oxidation sites excluding steroid dienone is 2. The molecule has 0 aliphatic heterocycles. The predicted octanol–water partition coefficient (Wildman–Crippen LogP) is 6.36. The quantitative estimate of drug-likeness (QED) is 0.327. The Morgan fingerprint density at radius 3 is 1.12 bits per heavy atom. The third-order valence-electron chi connectivity index (χ3n) is 3.50. The summed E-state index contributed by atoms with van der Waals surface area (Å²) in [6, 6.07) is 20.9. The van der Waals surface area contributed by atoms with Crippen LogP contribution in [0.4, 0.5) is 0 Å². The Morgan fingerprint density at radius 2 is 0.846 bits per heavy atom. The first-order valence-corrected chi connectivity index (χ1v) is 16.1. The van der Waals surface area contributed by atoms with Crippen molar-refractivity contribution in [3.8, 4) is 22.9 Å². The summed E-state index contributed by atoms with van der Waals surface area (Å²) in [5.74, 6) is 7.03. The summed E-state index contributed by atoms with van der Waals surface area (Å²) in [7, 11) is -2.99. The molecule has 0 heterocycles. The van der Waals surface area contributed by atoms with Crippen molar-refractivity contribution in [3.63, 3.8) is 0 Å². The van der Waals surface area contributed by atoms with E-state index in [2.05, 4.69) is 111 Å². The number of benzene rings is 2.